The molecule has 0 unspecified atom stereocenters. The lowest BCUT2D eigenvalue weighted by Gasteiger charge is -2.18. The molecule has 0 saturated carbocycles. The normalized spacial score (nSPS) is 10.6. The van der Waals surface area contributed by atoms with Gasteiger partial charge in [0, 0.05) is 28.3 Å². The molecular weight excluding hydrogens is 316 g/mol. The van der Waals surface area contributed by atoms with Crippen LogP contribution in [0.3, 0.4) is 0 Å². The minimum absolute atomic E-state index is 0.730. The van der Waals surface area contributed by atoms with Gasteiger partial charge in [-0.1, -0.05) is 30.7 Å². The van der Waals surface area contributed by atoms with Gasteiger partial charge in [-0.15, -0.1) is 11.8 Å². The van der Waals surface area contributed by atoms with Crippen molar-refractivity contribution in [3.8, 4) is 5.75 Å². The number of rotatable bonds is 6. The van der Waals surface area contributed by atoms with Crippen molar-refractivity contribution in [1.29, 1.82) is 0 Å². The van der Waals surface area contributed by atoms with Crippen molar-refractivity contribution in [2.24, 2.45) is 5.84 Å². The van der Waals surface area contributed by atoms with Crippen molar-refractivity contribution in [3.05, 3.63) is 52.5 Å². The molecule has 0 bridgehead atoms. The van der Waals surface area contributed by atoms with Gasteiger partial charge in [-0.25, -0.2) is 5.84 Å². The van der Waals surface area contributed by atoms with Crippen LogP contribution in [0.25, 0.3) is 0 Å². The maximum atomic E-state index is 6.35. The highest BCUT2D eigenvalue weighted by molar-refractivity contribution is 7.98. The highest BCUT2D eigenvalue weighted by atomic mass is 35.5. The summed E-state index contributed by atoms with van der Waals surface area (Å²) in [5, 5.41) is 2.33. The molecule has 0 saturated heterocycles. The van der Waals surface area contributed by atoms with Gasteiger partial charge < -0.3 is 9.75 Å². The van der Waals surface area contributed by atoms with Gasteiger partial charge in [0.1, 0.15) is 5.75 Å². The van der Waals surface area contributed by atoms with Crippen molar-refractivity contribution in [3.63, 3.8) is 0 Å². The summed E-state index contributed by atoms with van der Waals surface area (Å²) in [6, 6.07) is 12.1. The van der Waals surface area contributed by atoms with Gasteiger partial charge >= 0.3 is 0 Å². The first-order valence-electron chi connectivity index (χ1n) is 7.12. The van der Waals surface area contributed by atoms with E-state index in [1.54, 1.807) is 23.9 Å². The molecule has 0 heterocycles. The predicted octanol–water partition coefficient (Wildman–Crippen LogP) is 4.51. The smallest absolute Gasteiger partial charge is 0.132 e. The number of ether oxygens (including phenoxy) is 1. The highest BCUT2D eigenvalue weighted by Gasteiger charge is 2.12. The summed E-state index contributed by atoms with van der Waals surface area (Å²) in [5.41, 5.74) is 3.26. The third-order valence-electron chi connectivity index (χ3n) is 3.48. The Morgan fingerprint density at radius 1 is 1.27 bits per heavy atom. The zero-order chi connectivity index (χ0) is 16.1. The standard InChI is InChI=1S/C17H21ClN2OS/c1-4-12-8-9-16(21-3)17(10-12)22-11-13-14(18)6-5-7-15(13)20(2)19/h5-10H,4,11,19H2,1-3H3. The van der Waals surface area contributed by atoms with Crippen LogP contribution in [0.15, 0.2) is 41.3 Å². The van der Waals surface area contributed by atoms with Crippen LogP contribution in [0.2, 0.25) is 5.02 Å². The molecule has 0 amide bonds. The predicted molar refractivity (Wildman–Crippen MR) is 96.0 cm³/mol. The van der Waals surface area contributed by atoms with E-state index >= 15 is 0 Å². The monoisotopic (exact) mass is 336 g/mol. The van der Waals surface area contributed by atoms with Crippen LogP contribution in [0, 0.1) is 0 Å². The number of hydrogen-bond acceptors (Lipinski definition) is 4. The Balaban J connectivity index is 2.27. The van der Waals surface area contributed by atoms with E-state index in [4.69, 9.17) is 22.2 Å². The van der Waals surface area contributed by atoms with Gasteiger partial charge in [0.2, 0.25) is 0 Å². The number of anilines is 1. The van der Waals surface area contributed by atoms with E-state index < -0.39 is 0 Å². The molecule has 0 aliphatic rings. The molecule has 2 aromatic rings. The fourth-order valence-electron chi connectivity index (χ4n) is 2.22. The maximum Gasteiger partial charge on any atom is 0.132 e. The van der Waals surface area contributed by atoms with Crippen molar-refractivity contribution >= 4 is 29.1 Å². The molecule has 0 aliphatic heterocycles. The van der Waals surface area contributed by atoms with Crippen LogP contribution in [-0.2, 0) is 12.2 Å². The largest absolute Gasteiger partial charge is 0.496 e. The Labute approximate surface area is 141 Å². The van der Waals surface area contributed by atoms with Crippen LogP contribution in [0.5, 0.6) is 5.75 Å². The van der Waals surface area contributed by atoms with Gasteiger partial charge in [-0.3, -0.25) is 0 Å². The third kappa shape index (κ3) is 3.88. The van der Waals surface area contributed by atoms with Gasteiger partial charge in [-0.2, -0.15) is 0 Å². The fraction of sp³-hybridized carbons (Fsp3) is 0.294. The molecule has 0 aromatic heterocycles. The first-order valence-corrected chi connectivity index (χ1v) is 8.48. The minimum atomic E-state index is 0.730. The number of hydrogen-bond donors (Lipinski definition) is 1. The molecule has 2 rings (SSSR count). The summed E-state index contributed by atoms with van der Waals surface area (Å²) >= 11 is 8.05. The number of halogens is 1. The quantitative estimate of drug-likeness (QED) is 0.478. The molecule has 3 nitrogen and oxygen atoms in total. The first kappa shape index (κ1) is 17.0. The molecule has 5 heteroatoms. The van der Waals surface area contributed by atoms with Crippen molar-refractivity contribution < 1.29 is 4.74 Å². The summed E-state index contributed by atoms with van der Waals surface area (Å²) in [6.45, 7) is 2.14. The van der Waals surface area contributed by atoms with Crippen molar-refractivity contribution in [2.45, 2.75) is 24.0 Å². The summed E-state index contributed by atoms with van der Waals surface area (Å²) in [5.74, 6) is 7.52. The van der Waals surface area contributed by atoms with Crippen LogP contribution in [0.1, 0.15) is 18.1 Å². The molecule has 0 radical (unpaired) electrons. The van der Waals surface area contributed by atoms with Crippen molar-refractivity contribution in [2.75, 3.05) is 19.2 Å². The van der Waals surface area contributed by atoms with E-state index in [9.17, 15) is 0 Å². The molecule has 0 fully saturated rings. The molecule has 22 heavy (non-hydrogen) atoms. The van der Waals surface area contributed by atoms with Gasteiger partial charge in [0.05, 0.1) is 12.8 Å². The summed E-state index contributed by atoms with van der Waals surface area (Å²) in [7, 11) is 3.51. The SMILES string of the molecule is CCc1ccc(OC)c(SCc2c(Cl)cccc2N(C)N)c1. The number of methoxy groups -OCH3 is 1. The fourth-order valence-corrected chi connectivity index (χ4v) is 3.67. The van der Waals surface area contributed by atoms with Gasteiger partial charge in [0.25, 0.3) is 0 Å². The Bertz CT molecular complexity index is 647. The summed E-state index contributed by atoms with van der Waals surface area (Å²) in [6.07, 6.45) is 1.00. The molecule has 118 valence electrons. The summed E-state index contributed by atoms with van der Waals surface area (Å²) < 4.78 is 5.45. The number of aryl methyl sites for hydroxylation is 1. The van der Waals surface area contributed by atoms with E-state index in [0.29, 0.717) is 0 Å². The Morgan fingerprint density at radius 3 is 2.68 bits per heavy atom. The molecule has 2 N–H and O–H groups in total. The van der Waals surface area contributed by atoms with Crippen molar-refractivity contribution in [1.82, 2.24) is 0 Å². The summed E-state index contributed by atoms with van der Waals surface area (Å²) in [4.78, 5) is 1.12. The lowest BCUT2D eigenvalue weighted by molar-refractivity contribution is 0.404. The maximum absolute atomic E-state index is 6.35. The molecule has 0 spiro atoms. The van der Waals surface area contributed by atoms with Crippen LogP contribution < -0.4 is 15.6 Å². The average molecular weight is 337 g/mol. The lowest BCUT2D eigenvalue weighted by atomic mass is 10.2. The number of benzene rings is 2. The second kappa shape index (κ2) is 7.77. The number of nitrogens with zero attached hydrogens (tertiary/aromatic N) is 1. The van der Waals surface area contributed by atoms with Crippen LogP contribution >= 0.6 is 23.4 Å². The van der Waals surface area contributed by atoms with E-state index in [2.05, 4.69) is 19.1 Å². The highest BCUT2D eigenvalue weighted by Crippen LogP contribution is 2.36. The van der Waals surface area contributed by atoms with E-state index in [1.165, 1.54) is 5.56 Å². The van der Waals surface area contributed by atoms with E-state index in [1.807, 2.05) is 31.3 Å². The van der Waals surface area contributed by atoms with E-state index in [0.717, 1.165) is 39.1 Å². The van der Waals surface area contributed by atoms with E-state index in [-0.39, 0.29) is 0 Å². The average Bonchev–Trinajstić information content (AvgIpc) is 2.53. The second-order valence-corrected chi connectivity index (χ2v) is 6.40. The lowest BCUT2D eigenvalue weighted by Crippen LogP contribution is -2.26. The number of hydrazine groups is 1. The molecule has 2 aromatic carbocycles. The first-order chi connectivity index (χ1) is 10.6. The zero-order valence-electron chi connectivity index (χ0n) is 13.1. The van der Waals surface area contributed by atoms with Crippen LogP contribution in [-0.4, -0.2) is 14.2 Å². The minimum Gasteiger partial charge on any atom is -0.496 e. The Hall–Kier alpha value is -1.36. The van der Waals surface area contributed by atoms with Gasteiger partial charge in [-0.05, 0) is 36.2 Å². The Morgan fingerprint density at radius 2 is 2.05 bits per heavy atom. The second-order valence-electron chi connectivity index (χ2n) is 4.98. The third-order valence-corrected chi connectivity index (χ3v) is 4.90. The van der Waals surface area contributed by atoms with Crippen LogP contribution in [0.4, 0.5) is 5.69 Å². The Kier molecular flexibility index (Phi) is 6.00. The van der Waals surface area contributed by atoms with Gasteiger partial charge in [0.15, 0.2) is 0 Å². The molecule has 0 atom stereocenters. The molecule has 0 aliphatic carbocycles. The number of nitrogens with two attached hydrogens (primary N) is 1. The molecular formula is C17H21ClN2OS. The topological polar surface area (TPSA) is 38.5 Å². The zero-order valence-corrected chi connectivity index (χ0v) is 14.7. The number of thioether (sulfide) groups is 1.